The molecule has 0 aliphatic carbocycles. The van der Waals surface area contributed by atoms with E-state index in [4.69, 9.17) is 18.2 Å². The molecule has 0 bridgehead atoms. The predicted octanol–water partition coefficient (Wildman–Crippen LogP) is -1.28. The molecule has 4 nitrogen and oxygen atoms in total. The van der Waals surface area contributed by atoms with Gasteiger partial charge in [0.25, 0.3) is 0 Å². The summed E-state index contributed by atoms with van der Waals surface area (Å²) in [6.45, 7) is 26.5. The monoisotopic (exact) mass is 397 g/mol. The van der Waals surface area contributed by atoms with E-state index in [-0.39, 0.29) is 37.7 Å². The summed E-state index contributed by atoms with van der Waals surface area (Å²) in [5, 5.41) is 6.76. The molecule has 0 aliphatic heterocycles. The summed E-state index contributed by atoms with van der Waals surface area (Å²) in [6.07, 6.45) is 7.20. The number of rotatable bonds is 7. The van der Waals surface area contributed by atoms with Gasteiger partial charge in [0.05, 0.1) is 11.0 Å². The van der Waals surface area contributed by atoms with Gasteiger partial charge in [-0.15, -0.1) is 20.0 Å². The third-order valence-corrected chi connectivity index (χ3v) is 3.68. The Balaban J connectivity index is -0.000000586. The van der Waals surface area contributed by atoms with Crippen molar-refractivity contribution in [2.24, 2.45) is 0 Å². The Kier molecular flexibility index (Phi) is 22.7. The molecular weight excluding hydrogens is 370 g/mol. The molecule has 0 unspecified atom stereocenters. The Morgan fingerprint density at radius 2 is 1.79 bits per heavy atom. The van der Waals surface area contributed by atoms with Gasteiger partial charge in [-0.25, -0.2) is 5.70 Å². The van der Waals surface area contributed by atoms with Crippen molar-refractivity contribution in [1.82, 2.24) is 20.6 Å². The molecule has 29 heavy (non-hydrogen) atoms. The van der Waals surface area contributed by atoms with Gasteiger partial charge in [-0.2, -0.15) is 6.92 Å². The smallest absolute Gasteiger partial charge is 0.521 e. The molecule has 148 valence electrons. The molecule has 1 aromatic heterocycles. The second kappa shape index (κ2) is 20.2. The molecule has 0 amide bonds. The van der Waals surface area contributed by atoms with E-state index in [0.717, 1.165) is 35.3 Å². The SMILES string of the molecule is [CH-]=C.[CH-]=C(NCc1cc2nccnc2cc1Cl)/C([CH2-])=C\C.[CH2-]CNC[CH-]C.[Li+].[Li+]. The summed E-state index contributed by atoms with van der Waals surface area (Å²) < 4.78 is 0. The van der Waals surface area contributed by atoms with Gasteiger partial charge in [-0.3, -0.25) is 29.5 Å². The van der Waals surface area contributed by atoms with E-state index < -0.39 is 0 Å². The molecule has 0 saturated heterocycles. The summed E-state index contributed by atoms with van der Waals surface area (Å²) in [5.74, 6) is 0. The molecule has 2 aromatic rings. The maximum Gasteiger partial charge on any atom is 1.00 e. The summed E-state index contributed by atoms with van der Waals surface area (Å²) in [6, 6.07) is 3.71. The van der Waals surface area contributed by atoms with Gasteiger partial charge in [0.15, 0.2) is 0 Å². The molecule has 0 radical (unpaired) electrons. The molecule has 1 heterocycles. The van der Waals surface area contributed by atoms with Gasteiger partial charge in [-0.1, -0.05) is 11.6 Å². The summed E-state index contributed by atoms with van der Waals surface area (Å²) in [4.78, 5) is 8.45. The largest absolute Gasteiger partial charge is 1.00 e. The average molecular weight is 398 g/mol. The molecule has 0 fully saturated rings. The Morgan fingerprint density at radius 1 is 1.24 bits per heavy atom. The van der Waals surface area contributed by atoms with E-state index >= 15 is 0 Å². The van der Waals surface area contributed by atoms with Gasteiger partial charge < -0.3 is 42.7 Å². The van der Waals surface area contributed by atoms with Crippen LogP contribution in [0.1, 0.15) is 19.4 Å². The standard InChI is InChI=1S/C15H14ClN3.C5H11N.C2H3.2Li/c1-4-10(2)11(3)19-9-12-7-14-15(8-13(12)16)18-6-5-17-14;1-3-5-6-4-2;1-2;;/h3-8,19H,2,9H2,1H3;3,6H,2,4-5H2,1H3;1H,2H2;;/q2*-2;-1;2*+1/b10-4-;;;;. The van der Waals surface area contributed by atoms with Crippen LogP contribution in [0.25, 0.3) is 11.0 Å². The quantitative estimate of drug-likeness (QED) is 0.264. The van der Waals surface area contributed by atoms with Crippen molar-refractivity contribution in [3.8, 4) is 0 Å². The zero-order valence-electron chi connectivity index (χ0n) is 18.1. The fraction of sp³-hybridized carbons (Fsp3) is 0.227. The van der Waals surface area contributed by atoms with Crippen LogP contribution in [0.4, 0.5) is 0 Å². The minimum absolute atomic E-state index is 0. The van der Waals surface area contributed by atoms with Crippen LogP contribution in [0.3, 0.4) is 0 Å². The van der Waals surface area contributed by atoms with Crippen LogP contribution in [-0.2, 0) is 6.54 Å². The number of nitrogens with one attached hydrogen (secondary N) is 2. The summed E-state index contributed by atoms with van der Waals surface area (Å²) >= 11 is 6.21. The van der Waals surface area contributed by atoms with Crippen molar-refractivity contribution in [1.29, 1.82) is 0 Å². The topological polar surface area (TPSA) is 49.8 Å². The third kappa shape index (κ3) is 12.9. The Labute approximate surface area is 206 Å². The van der Waals surface area contributed by atoms with Crippen LogP contribution in [0.5, 0.6) is 0 Å². The van der Waals surface area contributed by atoms with Crippen molar-refractivity contribution >= 4 is 22.6 Å². The maximum absolute atomic E-state index is 6.21. The van der Waals surface area contributed by atoms with Crippen molar-refractivity contribution in [3.05, 3.63) is 92.5 Å². The van der Waals surface area contributed by atoms with Gasteiger partial charge >= 0.3 is 37.7 Å². The minimum atomic E-state index is 0. The Morgan fingerprint density at radius 3 is 2.24 bits per heavy atom. The Bertz CT molecular complexity index is 732. The number of aromatic nitrogens is 2. The van der Waals surface area contributed by atoms with Crippen molar-refractivity contribution < 1.29 is 37.7 Å². The van der Waals surface area contributed by atoms with Gasteiger partial charge in [0.1, 0.15) is 0 Å². The number of fused-ring (bicyclic) bond motifs is 1. The first-order chi connectivity index (χ1) is 13.0. The number of hydrogen-bond donors (Lipinski definition) is 2. The predicted molar refractivity (Wildman–Crippen MR) is 116 cm³/mol. The van der Waals surface area contributed by atoms with E-state index in [9.17, 15) is 0 Å². The van der Waals surface area contributed by atoms with E-state index in [1.807, 2.05) is 26.0 Å². The molecule has 1 aromatic carbocycles. The van der Waals surface area contributed by atoms with E-state index in [1.54, 1.807) is 18.5 Å². The number of hydrogen-bond acceptors (Lipinski definition) is 4. The molecule has 0 atom stereocenters. The molecule has 0 saturated carbocycles. The van der Waals surface area contributed by atoms with Crippen molar-refractivity contribution in [2.45, 2.75) is 20.4 Å². The molecule has 7 heteroatoms. The fourth-order valence-electron chi connectivity index (χ4n) is 1.87. The Hall–Kier alpha value is -1.11. The minimum Gasteiger partial charge on any atom is -0.521 e. The molecule has 2 N–H and O–H groups in total. The molecular formula is C22H28ClLi2N4-3. The fourth-order valence-corrected chi connectivity index (χ4v) is 2.09. The van der Waals surface area contributed by atoms with E-state index in [2.05, 4.69) is 54.0 Å². The third-order valence-electron chi connectivity index (χ3n) is 3.33. The van der Waals surface area contributed by atoms with E-state index in [1.165, 1.54) is 0 Å². The zero-order valence-corrected chi connectivity index (χ0v) is 18.9. The van der Waals surface area contributed by atoms with Gasteiger partial charge in [0, 0.05) is 24.0 Å². The average Bonchev–Trinajstić information content (AvgIpc) is 2.71. The van der Waals surface area contributed by atoms with Crippen LogP contribution in [0.15, 0.2) is 48.5 Å². The number of halogens is 1. The first-order valence-corrected chi connectivity index (χ1v) is 8.83. The van der Waals surface area contributed by atoms with Gasteiger partial charge in [-0.05, 0) is 17.7 Å². The first-order valence-electron chi connectivity index (χ1n) is 8.46. The van der Waals surface area contributed by atoms with E-state index in [0.29, 0.717) is 17.3 Å². The summed E-state index contributed by atoms with van der Waals surface area (Å²) in [7, 11) is 0. The second-order valence-corrected chi connectivity index (χ2v) is 5.59. The van der Waals surface area contributed by atoms with Crippen LogP contribution in [0.2, 0.25) is 5.02 Å². The van der Waals surface area contributed by atoms with Crippen LogP contribution >= 0.6 is 11.6 Å². The summed E-state index contributed by atoms with van der Waals surface area (Å²) in [5.41, 5.74) is 3.80. The van der Waals surface area contributed by atoms with Crippen LogP contribution < -0.4 is 48.4 Å². The number of allylic oxidation sites excluding steroid dienone is 2. The number of nitrogens with zero attached hydrogens (tertiary/aromatic N) is 2. The maximum atomic E-state index is 6.21. The van der Waals surface area contributed by atoms with Crippen molar-refractivity contribution in [3.63, 3.8) is 0 Å². The first kappa shape index (κ1) is 32.6. The van der Waals surface area contributed by atoms with Gasteiger partial charge in [0.2, 0.25) is 0 Å². The van der Waals surface area contributed by atoms with Crippen molar-refractivity contribution in [2.75, 3.05) is 13.1 Å². The normalized spacial score (nSPS) is 9.59. The van der Waals surface area contributed by atoms with Crippen LogP contribution in [0, 0.1) is 33.4 Å². The zero-order chi connectivity index (χ0) is 20.7. The second-order valence-electron chi connectivity index (χ2n) is 5.18. The molecule has 2 rings (SSSR count). The molecule has 0 spiro atoms. The number of benzene rings is 1. The van der Waals surface area contributed by atoms with Crippen LogP contribution in [-0.4, -0.2) is 23.1 Å². The molecule has 0 aliphatic rings.